The average Bonchev–Trinajstić information content (AvgIpc) is 2.97. The van der Waals surface area contributed by atoms with Crippen LogP contribution in [0.2, 0.25) is 0 Å². The van der Waals surface area contributed by atoms with Gasteiger partial charge in [0, 0.05) is 13.1 Å². The van der Waals surface area contributed by atoms with Gasteiger partial charge < -0.3 is 15.1 Å². The third-order valence-electron chi connectivity index (χ3n) is 2.58. The first-order valence-electron chi connectivity index (χ1n) is 5.53. The average molecular weight is 347 g/mol. The maximum Gasteiger partial charge on any atom is 0.191 e. The van der Waals surface area contributed by atoms with Crippen LogP contribution >= 0.6 is 24.0 Å². The molecular weight excluding hydrogens is 329 g/mol. The van der Waals surface area contributed by atoms with E-state index < -0.39 is 0 Å². The Morgan fingerprint density at radius 3 is 2.82 bits per heavy atom. The van der Waals surface area contributed by atoms with Crippen molar-refractivity contribution >= 4 is 29.9 Å². The van der Waals surface area contributed by atoms with Crippen molar-refractivity contribution in [1.82, 2.24) is 10.6 Å². The lowest BCUT2D eigenvalue weighted by Crippen LogP contribution is -2.42. The van der Waals surface area contributed by atoms with Crippen molar-refractivity contribution in [3.05, 3.63) is 36.3 Å². The van der Waals surface area contributed by atoms with E-state index in [9.17, 15) is 0 Å². The highest BCUT2D eigenvalue weighted by atomic mass is 127. The van der Waals surface area contributed by atoms with E-state index >= 15 is 0 Å². The third kappa shape index (κ3) is 4.41. The summed E-state index contributed by atoms with van der Waals surface area (Å²) in [5.41, 5.74) is 0. The first-order chi connectivity index (χ1) is 7.88. The molecule has 0 amide bonds. The number of nitrogens with zero attached hydrogens (tertiary/aromatic N) is 1. The maximum atomic E-state index is 5.24. The molecule has 0 unspecified atom stereocenters. The van der Waals surface area contributed by atoms with Crippen molar-refractivity contribution in [3.63, 3.8) is 0 Å². The lowest BCUT2D eigenvalue weighted by Gasteiger charge is -2.16. The van der Waals surface area contributed by atoms with Gasteiger partial charge in [0.1, 0.15) is 5.76 Å². The zero-order chi connectivity index (χ0) is 11.2. The monoisotopic (exact) mass is 347 g/mol. The number of halogens is 1. The molecule has 0 radical (unpaired) electrons. The first-order valence-corrected chi connectivity index (χ1v) is 5.53. The van der Waals surface area contributed by atoms with Crippen molar-refractivity contribution < 1.29 is 4.42 Å². The van der Waals surface area contributed by atoms with Crippen LogP contribution in [0.25, 0.3) is 0 Å². The second kappa shape index (κ2) is 7.37. The second-order valence-corrected chi connectivity index (χ2v) is 3.79. The Bertz CT molecular complexity index is 365. The molecule has 1 aliphatic carbocycles. The standard InChI is InChI=1S/C12H17N3O.HI/c1-13-12(15-10-5-2-3-6-10)14-9-11-7-4-8-16-11;/h2-4,7-8,10H,5-6,9H2,1H3,(H2,13,14,15);1H. The second-order valence-electron chi connectivity index (χ2n) is 3.79. The van der Waals surface area contributed by atoms with Crippen LogP contribution in [0.4, 0.5) is 0 Å². The van der Waals surface area contributed by atoms with Gasteiger partial charge in [-0.05, 0) is 25.0 Å². The highest BCUT2D eigenvalue weighted by molar-refractivity contribution is 14.0. The van der Waals surface area contributed by atoms with Gasteiger partial charge in [0.25, 0.3) is 0 Å². The first kappa shape index (κ1) is 14.1. The Labute approximate surface area is 119 Å². The summed E-state index contributed by atoms with van der Waals surface area (Å²) in [6.45, 7) is 0.660. The van der Waals surface area contributed by atoms with E-state index in [0.29, 0.717) is 12.6 Å². The molecule has 4 nitrogen and oxygen atoms in total. The molecule has 2 rings (SSSR count). The third-order valence-corrected chi connectivity index (χ3v) is 2.58. The summed E-state index contributed by atoms with van der Waals surface area (Å²) >= 11 is 0. The Morgan fingerprint density at radius 1 is 1.47 bits per heavy atom. The van der Waals surface area contributed by atoms with Gasteiger partial charge in [-0.25, -0.2) is 0 Å². The molecule has 1 aromatic heterocycles. The maximum absolute atomic E-state index is 5.24. The zero-order valence-electron chi connectivity index (χ0n) is 9.85. The molecule has 0 bridgehead atoms. The number of nitrogens with one attached hydrogen (secondary N) is 2. The summed E-state index contributed by atoms with van der Waals surface area (Å²) < 4.78 is 5.24. The molecule has 1 heterocycles. The molecule has 0 aliphatic heterocycles. The molecule has 1 aromatic rings. The Kier molecular flexibility index (Phi) is 6.10. The minimum atomic E-state index is 0. The quantitative estimate of drug-likeness (QED) is 0.382. The minimum Gasteiger partial charge on any atom is -0.467 e. The number of hydrogen-bond acceptors (Lipinski definition) is 2. The molecule has 0 fully saturated rings. The molecule has 0 saturated carbocycles. The minimum absolute atomic E-state index is 0. The predicted molar refractivity (Wildman–Crippen MR) is 79.6 cm³/mol. The fraction of sp³-hybridized carbons (Fsp3) is 0.417. The van der Waals surface area contributed by atoms with Gasteiger partial charge in [0.2, 0.25) is 0 Å². The highest BCUT2D eigenvalue weighted by Crippen LogP contribution is 2.08. The molecule has 0 atom stereocenters. The molecule has 0 spiro atoms. The van der Waals surface area contributed by atoms with Crippen molar-refractivity contribution in [2.75, 3.05) is 7.05 Å². The molecule has 1 aliphatic rings. The van der Waals surface area contributed by atoms with E-state index in [0.717, 1.165) is 24.6 Å². The van der Waals surface area contributed by atoms with Gasteiger partial charge in [0.05, 0.1) is 12.8 Å². The van der Waals surface area contributed by atoms with E-state index in [2.05, 4.69) is 27.8 Å². The van der Waals surface area contributed by atoms with Crippen LogP contribution in [0, 0.1) is 0 Å². The highest BCUT2D eigenvalue weighted by Gasteiger charge is 2.11. The zero-order valence-corrected chi connectivity index (χ0v) is 12.2. The molecule has 94 valence electrons. The van der Waals surface area contributed by atoms with Crippen LogP contribution in [-0.2, 0) is 6.54 Å². The van der Waals surface area contributed by atoms with Crippen LogP contribution in [-0.4, -0.2) is 19.0 Å². The number of aliphatic imine (C=N–C) groups is 1. The van der Waals surface area contributed by atoms with E-state index in [1.165, 1.54) is 0 Å². The lowest BCUT2D eigenvalue weighted by atomic mass is 10.2. The van der Waals surface area contributed by atoms with Gasteiger partial charge in [-0.2, -0.15) is 0 Å². The summed E-state index contributed by atoms with van der Waals surface area (Å²) in [5, 5.41) is 6.58. The van der Waals surface area contributed by atoms with Crippen LogP contribution < -0.4 is 10.6 Å². The number of guanidine groups is 1. The molecular formula is C12H18IN3O. The molecule has 17 heavy (non-hydrogen) atoms. The number of rotatable bonds is 3. The summed E-state index contributed by atoms with van der Waals surface area (Å²) in [5.74, 6) is 1.73. The fourth-order valence-corrected chi connectivity index (χ4v) is 1.71. The van der Waals surface area contributed by atoms with E-state index in [-0.39, 0.29) is 24.0 Å². The Hall–Kier alpha value is -0.980. The Morgan fingerprint density at radius 2 is 2.24 bits per heavy atom. The number of furan rings is 1. The molecule has 0 aromatic carbocycles. The summed E-state index contributed by atoms with van der Waals surface area (Å²) in [6.07, 6.45) is 8.20. The van der Waals surface area contributed by atoms with Gasteiger partial charge >= 0.3 is 0 Å². The van der Waals surface area contributed by atoms with Crippen molar-refractivity contribution in [3.8, 4) is 0 Å². The van der Waals surface area contributed by atoms with Crippen LogP contribution in [0.3, 0.4) is 0 Å². The van der Waals surface area contributed by atoms with Crippen LogP contribution in [0.15, 0.2) is 40.0 Å². The summed E-state index contributed by atoms with van der Waals surface area (Å²) in [4.78, 5) is 4.18. The SMILES string of the molecule is CN=C(NCc1ccco1)NC1CC=CC1.I. The van der Waals surface area contributed by atoms with Gasteiger partial charge in [-0.1, -0.05) is 12.2 Å². The predicted octanol–water partition coefficient (Wildman–Crippen LogP) is 2.28. The van der Waals surface area contributed by atoms with Crippen LogP contribution in [0.5, 0.6) is 0 Å². The summed E-state index contributed by atoms with van der Waals surface area (Å²) in [6, 6.07) is 4.30. The molecule has 5 heteroatoms. The van der Waals surface area contributed by atoms with Gasteiger partial charge in [-0.15, -0.1) is 24.0 Å². The molecule has 2 N–H and O–H groups in total. The van der Waals surface area contributed by atoms with Crippen LogP contribution in [0.1, 0.15) is 18.6 Å². The van der Waals surface area contributed by atoms with E-state index in [1.807, 2.05) is 12.1 Å². The largest absolute Gasteiger partial charge is 0.467 e. The van der Waals surface area contributed by atoms with E-state index in [4.69, 9.17) is 4.42 Å². The summed E-state index contributed by atoms with van der Waals surface area (Å²) in [7, 11) is 1.78. The van der Waals surface area contributed by atoms with E-state index in [1.54, 1.807) is 13.3 Å². The smallest absolute Gasteiger partial charge is 0.191 e. The van der Waals surface area contributed by atoms with Crippen molar-refractivity contribution in [2.45, 2.75) is 25.4 Å². The number of hydrogen-bond donors (Lipinski definition) is 2. The van der Waals surface area contributed by atoms with Gasteiger partial charge in [-0.3, -0.25) is 4.99 Å². The Balaban J connectivity index is 0.00000144. The normalized spacial score (nSPS) is 15.7. The van der Waals surface area contributed by atoms with Gasteiger partial charge in [0.15, 0.2) is 5.96 Å². The lowest BCUT2D eigenvalue weighted by molar-refractivity contribution is 0.499. The van der Waals surface area contributed by atoms with Crippen molar-refractivity contribution in [1.29, 1.82) is 0 Å². The topological polar surface area (TPSA) is 49.6 Å². The van der Waals surface area contributed by atoms with Crippen molar-refractivity contribution in [2.24, 2.45) is 4.99 Å². The fourth-order valence-electron chi connectivity index (χ4n) is 1.71. The molecule has 0 saturated heterocycles.